The Morgan fingerprint density at radius 3 is 2.64 bits per heavy atom. The molecule has 4 aromatic rings. The topological polar surface area (TPSA) is 61.2 Å². The third-order valence-electron chi connectivity index (χ3n) is 4.65. The van der Waals surface area contributed by atoms with E-state index in [0.717, 1.165) is 27.3 Å². The van der Waals surface area contributed by atoms with E-state index in [9.17, 15) is 9.59 Å². The van der Waals surface area contributed by atoms with Crippen molar-refractivity contribution in [1.29, 1.82) is 0 Å². The number of ether oxygens (including phenoxy) is 1. The van der Waals surface area contributed by atoms with Gasteiger partial charge in [-0.3, -0.25) is 4.79 Å². The minimum absolute atomic E-state index is 0.220. The number of hydrogen-bond donors (Lipinski definition) is 0. The van der Waals surface area contributed by atoms with Gasteiger partial charge in [-0.25, -0.2) is 9.78 Å². The Kier molecular flexibility index (Phi) is 4.79. The molecular weight excluding hydrogens is 372 g/mol. The van der Waals surface area contributed by atoms with E-state index in [-0.39, 0.29) is 12.4 Å². The van der Waals surface area contributed by atoms with Crippen LogP contribution in [0.2, 0.25) is 0 Å². The average molecular weight is 390 g/mol. The number of aromatic nitrogens is 2. The second-order valence-corrected chi connectivity index (χ2v) is 7.38. The van der Waals surface area contributed by atoms with E-state index in [2.05, 4.69) is 4.98 Å². The lowest BCUT2D eigenvalue weighted by Crippen LogP contribution is -2.15. The molecule has 0 radical (unpaired) electrons. The van der Waals surface area contributed by atoms with Crippen LogP contribution in [0.15, 0.2) is 60.1 Å². The summed E-state index contributed by atoms with van der Waals surface area (Å²) < 4.78 is 8.20. The van der Waals surface area contributed by atoms with Crippen LogP contribution >= 0.6 is 11.3 Å². The van der Waals surface area contributed by atoms with Crippen molar-refractivity contribution in [2.45, 2.75) is 13.8 Å². The van der Waals surface area contributed by atoms with Gasteiger partial charge < -0.3 is 9.30 Å². The summed E-state index contributed by atoms with van der Waals surface area (Å²) in [7, 11) is 0. The number of para-hydroxylation sites is 1. The van der Waals surface area contributed by atoms with Crippen molar-refractivity contribution in [1.82, 2.24) is 9.55 Å². The molecule has 0 N–H and O–H groups in total. The summed E-state index contributed by atoms with van der Waals surface area (Å²) in [6, 6.07) is 16.9. The highest BCUT2D eigenvalue weighted by atomic mass is 32.1. The first-order valence-electron chi connectivity index (χ1n) is 8.82. The standard InChI is InChI=1S/C22H18N2O3S/c1-14-10-18(15(2)24(14)17-6-4-3-5-7-17)20(25)12-27-22(26)16-8-9-19-21(11-16)28-13-23-19/h3-11,13H,12H2,1-2H3. The van der Waals surface area contributed by atoms with Crippen LogP contribution in [0.3, 0.4) is 0 Å². The van der Waals surface area contributed by atoms with Gasteiger partial charge in [-0.2, -0.15) is 0 Å². The Morgan fingerprint density at radius 2 is 1.86 bits per heavy atom. The zero-order chi connectivity index (χ0) is 19.7. The molecule has 2 aromatic carbocycles. The molecular formula is C22H18N2O3S. The summed E-state index contributed by atoms with van der Waals surface area (Å²) >= 11 is 1.46. The van der Waals surface area contributed by atoms with Gasteiger partial charge in [0.15, 0.2) is 6.61 Å². The number of nitrogens with zero attached hydrogens (tertiary/aromatic N) is 2. The molecule has 0 spiro atoms. The Balaban J connectivity index is 1.50. The summed E-state index contributed by atoms with van der Waals surface area (Å²) in [6.07, 6.45) is 0. The van der Waals surface area contributed by atoms with Gasteiger partial charge in [-0.15, -0.1) is 11.3 Å². The SMILES string of the molecule is Cc1cc(C(=O)COC(=O)c2ccc3ncsc3c2)c(C)n1-c1ccccc1. The molecule has 4 rings (SSSR count). The van der Waals surface area contributed by atoms with Crippen LogP contribution in [-0.4, -0.2) is 27.9 Å². The van der Waals surface area contributed by atoms with Crippen molar-refractivity contribution >= 4 is 33.3 Å². The molecule has 0 fully saturated rings. The molecule has 2 aromatic heterocycles. The molecule has 0 bridgehead atoms. The number of rotatable bonds is 5. The predicted molar refractivity (Wildman–Crippen MR) is 109 cm³/mol. The predicted octanol–water partition coefficient (Wildman–Crippen LogP) is 4.74. The fraction of sp³-hybridized carbons (Fsp3) is 0.136. The van der Waals surface area contributed by atoms with Gasteiger partial charge in [0.1, 0.15) is 0 Å². The van der Waals surface area contributed by atoms with Crippen molar-refractivity contribution in [3.8, 4) is 5.69 Å². The van der Waals surface area contributed by atoms with E-state index in [1.165, 1.54) is 11.3 Å². The van der Waals surface area contributed by atoms with E-state index < -0.39 is 5.97 Å². The zero-order valence-electron chi connectivity index (χ0n) is 15.5. The molecule has 0 unspecified atom stereocenters. The molecule has 0 saturated carbocycles. The molecule has 5 nitrogen and oxygen atoms in total. The van der Waals surface area contributed by atoms with E-state index in [0.29, 0.717) is 11.1 Å². The van der Waals surface area contributed by atoms with E-state index in [1.807, 2.05) is 54.8 Å². The van der Waals surface area contributed by atoms with Gasteiger partial charge in [-0.1, -0.05) is 18.2 Å². The largest absolute Gasteiger partial charge is 0.454 e. The Hall–Kier alpha value is -3.25. The maximum absolute atomic E-state index is 12.7. The number of carbonyl (C=O) groups is 2. The van der Waals surface area contributed by atoms with Crippen LogP contribution < -0.4 is 0 Å². The highest BCUT2D eigenvalue weighted by molar-refractivity contribution is 7.16. The van der Waals surface area contributed by atoms with Gasteiger partial charge in [-0.05, 0) is 50.2 Å². The number of ketones is 1. The third-order valence-corrected chi connectivity index (χ3v) is 5.44. The normalized spacial score (nSPS) is 10.9. The Labute approximate surface area is 166 Å². The van der Waals surface area contributed by atoms with E-state index >= 15 is 0 Å². The Morgan fingerprint density at radius 1 is 1.07 bits per heavy atom. The Bertz CT molecular complexity index is 1180. The summed E-state index contributed by atoms with van der Waals surface area (Å²) in [5.74, 6) is -0.733. The minimum atomic E-state index is -0.513. The number of fused-ring (bicyclic) bond motifs is 1. The summed E-state index contributed by atoms with van der Waals surface area (Å²) in [4.78, 5) is 29.2. The van der Waals surface area contributed by atoms with Crippen molar-refractivity contribution in [3.05, 3.63) is 82.6 Å². The van der Waals surface area contributed by atoms with Crippen molar-refractivity contribution < 1.29 is 14.3 Å². The molecule has 0 atom stereocenters. The lowest BCUT2D eigenvalue weighted by Gasteiger charge is -2.09. The number of thiazole rings is 1. The number of hydrogen-bond acceptors (Lipinski definition) is 5. The summed E-state index contributed by atoms with van der Waals surface area (Å²) in [5.41, 5.74) is 6.32. The minimum Gasteiger partial charge on any atom is -0.454 e. The zero-order valence-corrected chi connectivity index (χ0v) is 16.3. The van der Waals surface area contributed by atoms with E-state index in [4.69, 9.17) is 4.74 Å². The van der Waals surface area contributed by atoms with Gasteiger partial charge in [0, 0.05) is 22.6 Å². The molecule has 0 aliphatic heterocycles. The lowest BCUT2D eigenvalue weighted by atomic mass is 10.1. The van der Waals surface area contributed by atoms with Gasteiger partial charge in [0.05, 0.1) is 21.3 Å². The number of benzene rings is 2. The van der Waals surface area contributed by atoms with Crippen LogP contribution in [-0.2, 0) is 4.74 Å². The average Bonchev–Trinajstić information content (AvgIpc) is 3.29. The first kappa shape index (κ1) is 18.1. The van der Waals surface area contributed by atoms with Gasteiger partial charge in [0.25, 0.3) is 0 Å². The van der Waals surface area contributed by atoms with Crippen LogP contribution in [0.1, 0.15) is 32.1 Å². The first-order valence-corrected chi connectivity index (χ1v) is 9.70. The van der Waals surface area contributed by atoms with Crippen LogP contribution in [0.4, 0.5) is 0 Å². The quantitative estimate of drug-likeness (QED) is 0.365. The number of aryl methyl sites for hydroxylation is 1. The number of Topliss-reactive ketones (excluding diaryl/α,β-unsaturated/α-hetero) is 1. The maximum Gasteiger partial charge on any atom is 0.338 e. The summed E-state index contributed by atoms with van der Waals surface area (Å²) in [5, 5.41) is 0. The molecule has 140 valence electrons. The fourth-order valence-electron chi connectivity index (χ4n) is 3.29. The van der Waals surface area contributed by atoms with E-state index in [1.54, 1.807) is 23.7 Å². The fourth-order valence-corrected chi connectivity index (χ4v) is 4.01. The monoisotopic (exact) mass is 390 g/mol. The molecule has 0 amide bonds. The van der Waals surface area contributed by atoms with Crippen LogP contribution in [0.25, 0.3) is 15.9 Å². The maximum atomic E-state index is 12.7. The highest BCUT2D eigenvalue weighted by Crippen LogP contribution is 2.22. The smallest absolute Gasteiger partial charge is 0.338 e. The molecule has 2 heterocycles. The number of carbonyl (C=O) groups excluding carboxylic acids is 2. The molecule has 28 heavy (non-hydrogen) atoms. The van der Waals surface area contributed by atoms with Crippen molar-refractivity contribution in [3.63, 3.8) is 0 Å². The third kappa shape index (κ3) is 3.34. The molecule has 0 aliphatic carbocycles. The highest BCUT2D eigenvalue weighted by Gasteiger charge is 2.19. The second-order valence-electron chi connectivity index (χ2n) is 6.49. The van der Waals surface area contributed by atoms with Crippen molar-refractivity contribution in [2.75, 3.05) is 6.61 Å². The first-order chi connectivity index (χ1) is 13.5. The van der Waals surface area contributed by atoms with Gasteiger partial charge in [0.2, 0.25) is 5.78 Å². The van der Waals surface area contributed by atoms with Crippen LogP contribution in [0, 0.1) is 13.8 Å². The van der Waals surface area contributed by atoms with Crippen molar-refractivity contribution in [2.24, 2.45) is 0 Å². The summed E-state index contributed by atoms with van der Waals surface area (Å²) in [6.45, 7) is 3.55. The molecule has 0 aliphatic rings. The second kappa shape index (κ2) is 7.40. The molecule has 6 heteroatoms. The van der Waals surface area contributed by atoms with Crippen LogP contribution in [0.5, 0.6) is 0 Å². The lowest BCUT2D eigenvalue weighted by molar-refractivity contribution is 0.0474. The number of esters is 1. The molecule has 0 saturated heterocycles. The van der Waals surface area contributed by atoms with Gasteiger partial charge >= 0.3 is 5.97 Å².